The van der Waals surface area contributed by atoms with Gasteiger partial charge in [0.2, 0.25) is 0 Å². The lowest BCUT2D eigenvalue weighted by Gasteiger charge is -2.13. The van der Waals surface area contributed by atoms with Gasteiger partial charge in [0.25, 0.3) is 5.91 Å². The number of nitrogens with zero attached hydrogens (tertiary/aromatic N) is 1. The van der Waals surface area contributed by atoms with Crippen LogP contribution < -0.4 is 10.1 Å². The lowest BCUT2D eigenvalue weighted by Crippen LogP contribution is -2.27. The SMILES string of the molecule is COc1cccc(/C=C(\C#N)C(=O)N[C@@H](C)c2ccccc2)c1. The number of carbonyl (C=O) groups is 1. The van der Waals surface area contributed by atoms with Gasteiger partial charge in [0, 0.05) is 0 Å². The van der Waals surface area contributed by atoms with Crippen molar-refractivity contribution in [3.8, 4) is 11.8 Å². The molecule has 0 unspecified atom stereocenters. The normalized spacial score (nSPS) is 12.1. The summed E-state index contributed by atoms with van der Waals surface area (Å²) in [5, 5.41) is 12.1. The van der Waals surface area contributed by atoms with Crippen LogP contribution >= 0.6 is 0 Å². The minimum absolute atomic E-state index is 0.0565. The van der Waals surface area contributed by atoms with E-state index in [2.05, 4.69) is 5.32 Å². The molecule has 2 aromatic carbocycles. The molecule has 0 aromatic heterocycles. The van der Waals surface area contributed by atoms with E-state index < -0.39 is 5.91 Å². The van der Waals surface area contributed by atoms with Gasteiger partial charge in [-0.15, -0.1) is 0 Å². The van der Waals surface area contributed by atoms with Crippen LogP contribution in [0.25, 0.3) is 6.08 Å². The molecule has 0 saturated carbocycles. The maximum Gasteiger partial charge on any atom is 0.262 e. The molecule has 4 nitrogen and oxygen atoms in total. The van der Waals surface area contributed by atoms with Crippen LogP contribution in [0, 0.1) is 11.3 Å². The zero-order valence-corrected chi connectivity index (χ0v) is 13.1. The van der Waals surface area contributed by atoms with Crippen molar-refractivity contribution in [2.24, 2.45) is 0 Å². The van der Waals surface area contributed by atoms with Crippen LogP contribution in [0.1, 0.15) is 24.1 Å². The summed E-state index contributed by atoms with van der Waals surface area (Å²) in [6, 6.07) is 18.6. The number of rotatable bonds is 5. The maximum absolute atomic E-state index is 12.3. The molecule has 0 aliphatic heterocycles. The van der Waals surface area contributed by atoms with Gasteiger partial charge in [0.05, 0.1) is 13.2 Å². The predicted molar refractivity (Wildman–Crippen MR) is 89.6 cm³/mol. The maximum atomic E-state index is 12.3. The molecule has 0 aliphatic rings. The van der Waals surface area contributed by atoms with Crippen LogP contribution in [-0.2, 0) is 4.79 Å². The number of hydrogen-bond acceptors (Lipinski definition) is 3. The standard InChI is InChI=1S/C19H18N2O2/c1-14(16-8-4-3-5-9-16)21-19(22)17(13-20)11-15-7-6-10-18(12-15)23-2/h3-12,14H,1-2H3,(H,21,22)/b17-11+/t14-/m0/s1. The topological polar surface area (TPSA) is 62.1 Å². The molecule has 2 rings (SSSR count). The van der Waals surface area contributed by atoms with E-state index in [4.69, 9.17) is 4.74 Å². The summed E-state index contributed by atoms with van der Waals surface area (Å²) in [5.74, 6) is 0.278. The number of nitrogens with one attached hydrogen (secondary N) is 1. The van der Waals surface area contributed by atoms with Crippen molar-refractivity contribution in [3.05, 3.63) is 71.3 Å². The van der Waals surface area contributed by atoms with E-state index >= 15 is 0 Å². The van der Waals surface area contributed by atoms with Crippen molar-refractivity contribution in [1.29, 1.82) is 5.26 Å². The van der Waals surface area contributed by atoms with Gasteiger partial charge in [-0.1, -0.05) is 42.5 Å². The number of benzene rings is 2. The molecule has 0 heterocycles. The monoisotopic (exact) mass is 306 g/mol. The Kier molecular flexibility index (Phi) is 5.54. The van der Waals surface area contributed by atoms with Crippen molar-refractivity contribution in [3.63, 3.8) is 0 Å². The molecule has 0 fully saturated rings. The summed E-state index contributed by atoms with van der Waals surface area (Å²) in [6.07, 6.45) is 1.55. The average Bonchev–Trinajstić information content (AvgIpc) is 2.60. The number of hydrogen-bond donors (Lipinski definition) is 1. The molecule has 1 amide bonds. The van der Waals surface area contributed by atoms with Crippen LogP contribution in [0.5, 0.6) is 5.75 Å². The van der Waals surface area contributed by atoms with E-state index in [-0.39, 0.29) is 11.6 Å². The Morgan fingerprint density at radius 2 is 1.96 bits per heavy atom. The third kappa shape index (κ3) is 4.45. The van der Waals surface area contributed by atoms with Crippen LogP contribution in [0.15, 0.2) is 60.2 Å². The first-order chi connectivity index (χ1) is 11.1. The summed E-state index contributed by atoms with van der Waals surface area (Å²) in [5.41, 5.74) is 1.78. The van der Waals surface area contributed by atoms with E-state index in [1.807, 2.05) is 55.5 Å². The van der Waals surface area contributed by atoms with E-state index in [9.17, 15) is 10.1 Å². The van der Waals surface area contributed by atoms with E-state index in [0.29, 0.717) is 5.75 Å². The van der Waals surface area contributed by atoms with Crippen molar-refractivity contribution in [1.82, 2.24) is 5.32 Å². The number of methoxy groups -OCH3 is 1. The molecule has 0 bridgehead atoms. The third-order valence-corrected chi connectivity index (χ3v) is 3.42. The summed E-state index contributed by atoms with van der Waals surface area (Å²) < 4.78 is 5.14. The predicted octanol–water partition coefficient (Wildman–Crippen LogP) is 3.48. The Bertz CT molecular complexity index is 745. The van der Waals surface area contributed by atoms with Gasteiger partial charge < -0.3 is 10.1 Å². The molecule has 2 aromatic rings. The smallest absolute Gasteiger partial charge is 0.262 e. The van der Waals surface area contributed by atoms with Crippen molar-refractivity contribution in [2.45, 2.75) is 13.0 Å². The second-order valence-electron chi connectivity index (χ2n) is 5.05. The van der Waals surface area contributed by atoms with Gasteiger partial charge in [-0.3, -0.25) is 4.79 Å². The summed E-state index contributed by atoms with van der Waals surface area (Å²) in [4.78, 5) is 12.3. The number of amides is 1. The van der Waals surface area contributed by atoms with Gasteiger partial charge in [0.15, 0.2) is 0 Å². The van der Waals surface area contributed by atoms with Crippen molar-refractivity contribution >= 4 is 12.0 Å². The fourth-order valence-electron chi connectivity index (χ4n) is 2.15. The van der Waals surface area contributed by atoms with Gasteiger partial charge in [-0.05, 0) is 36.3 Å². The number of ether oxygens (including phenoxy) is 1. The highest BCUT2D eigenvalue weighted by Gasteiger charge is 2.13. The molecule has 1 atom stereocenters. The molecule has 0 aliphatic carbocycles. The zero-order chi connectivity index (χ0) is 16.7. The minimum atomic E-state index is -0.397. The molecule has 23 heavy (non-hydrogen) atoms. The highest BCUT2D eigenvalue weighted by atomic mass is 16.5. The first-order valence-electron chi connectivity index (χ1n) is 7.25. The number of carbonyl (C=O) groups excluding carboxylic acids is 1. The van der Waals surface area contributed by atoms with Gasteiger partial charge >= 0.3 is 0 Å². The molecule has 1 N–H and O–H groups in total. The van der Waals surface area contributed by atoms with E-state index in [0.717, 1.165) is 11.1 Å². The number of nitriles is 1. The Labute approximate surface area is 136 Å². The Hall–Kier alpha value is -3.06. The van der Waals surface area contributed by atoms with E-state index in [1.54, 1.807) is 25.3 Å². The molecule has 0 spiro atoms. The third-order valence-electron chi connectivity index (χ3n) is 3.42. The molecular formula is C19H18N2O2. The summed E-state index contributed by atoms with van der Waals surface area (Å²) in [7, 11) is 1.57. The Balaban J connectivity index is 2.15. The molecule has 0 saturated heterocycles. The van der Waals surface area contributed by atoms with Crippen LogP contribution in [0.3, 0.4) is 0 Å². The second kappa shape index (κ2) is 7.81. The lowest BCUT2D eigenvalue weighted by molar-refractivity contribution is -0.117. The highest BCUT2D eigenvalue weighted by Crippen LogP contribution is 2.16. The van der Waals surface area contributed by atoms with Gasteiger partial charge in [0.1, 0.15) is 17.4 Å². The minimum Gasteiger partial charge on any atom is -0.497 e. The fraction of sp³-hybridized carbons (Fsp3) is 0.158. The molecule has 4 heteroatoms. The first-order valence-corrected chi connectivity index (χ1v) is 7.25. The van der Waals surface area contributed by atoms with Crippen molar-refractivity contribution < 1.29 is 9.53 Å². The highest BCUT2D eigenvalue weighted by molar-refractivity contribution is 6.01. The second-order valence-corrected chi connectivity index (χ2v) is 5.05. The largest absolute Gasteiger partial charge is 0.497 e. The van der Waals surface area contributed by atoms with Crippen LogP contribution in [0.2, 0.25) is 0 Å². The van der Waals surface area contributed by atoms with Gasteiger partial charge in [-0.25, -0.2) is 0 Å². The molecule has 0 radical (unpaired) electrons. The zero-order valence-electron chi connectivity index (χ0n) is 13.1. The quantitative estimate of drug-likeness (QED) is 0.679. The average molecular weight is 306 g/mol. The van der Waals surface area contributed by atoms with Gasteiger partial charge in [-0.2, -0.15) is 5.26 Å². The van der Waals surface area contributed by atoms with Crippen LogP contribution in [0.4, 0.5) is 0 Å². The van der Waals surface area contributed by atoms with Crippen molar-refractivity contribution in [2.75, 3.05) is 7.11 Å². The first kappa shape index (κ1) is 16.3. The molecule has 116 valence electrons. The lowest BCUT2D eigenvalue weighted by atomic mass is 10.1. The van der Waals surface area contributed by atoms with E-state index in [1.165, 1.54) is 0 Å². The summed E-state index contributed by atoms with van der Waals surface area (Å²) >= 11 is 0. The Morgan fingerprint density at radius 1 is 1.22 bits per heavy atom. The Morgan fingerprint density at radius 3 is 2.61 bits per heavy atom. The fourth-order valence-corrected chi connectivity index (χ4v) is 2.15. The molecular weight excluding hydrogens is 288 g/mol. The summed E-state index contributed by atoms with van der Waals surface area (Å²) in [6.45, 7) is 1.88. The van der Waals surface area contributed by atoms with Crippen LogP contribution in [-0.4, -0.2) is 13.0 Å².